The summed E-state index contributed by atoms with van der Waals surface area (Å²) < 4.78 is 6.10. The number of hydrogen-bond donors (Lipinski definition) is 1. The fourth-order valence-electron chi connectivity index (χ4n) is 3.04. The summed E-state index contributed by atoms with van der Waals surface area (Å²) >= 11 is 0. The van der Waals surface area contributed by atoms with Gasteiger partial charge in [0.15, 0.2) is 5.78 Å². The van der Waals surface area contributed by atoms with Crippen LogP contribution in [0.15, 0.2) is 18.2 Å². The van der Waals surface area contributed by atoms with Gasteiger partial charge in [-0.05, 0) is 18.7 Å². The molecule has 0 atom stereocenters. The summed E-state index contributed by atoms with van der Waals surface area (Å²) in [5.74, 6) is 0.821. The molecule has 1 fully saturated rings. The average molecular weight is 261 g/mol. The molecule has 0 unspecified atom stereocenters. The number of nitrogens with zero attached hydrogens (tertiary/aromatic N) is 1. The molecule has 0 bridgehead atoms. The van der Waals surface area contributed by atoms with Gasteiger partial charge < -0.3 is 14.7 Å². The minimum absolute atomic E-state index is 0.131. The van der Waals surface area contributed by atoms with Gasteiger partial charge >= 0.3 is 0 Å². The van der Waals surface area contributed by atoms with Crippen LogP contribution in [0.5, 0.6) is 11.5 Å². The number of aromatic hydroxyl groups is 1. The smallest absolute Gasteiger partial charge is 0.170 e. The maximum Gasteiger partial charge on any atom is 0.170 e. The van der Waals surface area contributed by atoms with E-state index in [0.717, 1.165) is 32.5 Å². The summed E-state index contributed by atoms with van der Waals surface area (Å²) in [5, 5.41) is 9.54. The predicted molar refractivity (Wildman–Crippen MR) is 71.8 cm³/mol. The number of phenolic OH excluding ortho intramolecular Hbond substituents is 1. The van der Waals surface area contributed by atoms with Crippen molar-refractivity contribution in [1.29, 1.82) is 0 Å². The zero-order valence-corrected chi connectivity index (χ0v) is 11.2. The number of carbonyl (C=O) groups excluding carboxylic acids is 1. The Labute approximate surface area is 113 Å². The van der Waals surface area contributed by atoms with Gasteiger partial charge in [-0.3, -0.25) is 4.79 Å². The van der Waals surface area contributed by atoms with Gasteiger partial charge in [0, 0.05) is 32.0 Å². The first-order valence-electron chi connectivity index (χ1n) is 6.89. The molecule has 2 heterocycles. The maximum atomic E-state index is 12.2. The van der Waals surface area contributed by atoms with Gasteiger partial charge in [0.1, 0.15) is 17.1 Å². The van der Waals surface area contributed by atoms with Crippen molar-refractivity contribution >= 4 is 5.78 Å². The largest absolute Gasteiger partial charge is 0.508 e. The normalized spacial score (nSPS) is 22.1. The molecule has 102 valence electrons. The van der Waals surface area contributed by atoms with Crippen LogP contribution in [0.25, 0.3) is 0 Å². The third-order valence-electron chi connectivity index (χ3n) is 4.29. The Hall–Kier alpha value is -1.55. The van der Waals surface area contributed by atoms with Gasteiger partial charge in [-0.2, -0.15) is 0 Å². The molecule has 0 saturated carbocycles. The Kier molecular flexibility index (Phi) is 2.97. The third-order valence-corrected chi connectivity index (χ3v) is 4.29. The Morgan fingerprint density at radius 2 is 2.11 bits per heavy atom. The highest BCUT2D eigenvalue weighted by Gasteiger charge is 2.42. The van der Waals surface area contributed by atoms with Crippen LogP contribution in [0.4, 0.5) is 0 Å². The van der Waals surface area contributed by atoms with E-state index in [4.69, 9.17) is 4.74 Å². The van der Waals surface area contributed by atoms with Crippen molar-refractivity contribution in [3.05, 3.63) is 23.8 Å². The van der Waals surface area contributed by atoms with Gasteiger partial charge in [-0.1, -0.05) is 6.92 Å². The van der Waals surface area contributed by atoms with E-state index in [1.54, 1.807) is 12.1 Å². The summed E-state index contributed by atoms with van der Waals surface area (Å²) in [6.07, 6.45) is 2.21. The summed E-state index contributed by atoms with van der Waals surface area (Å²) in [7, 11) is 0. The highest BCUT2D eigenvalue weighted by atomic mass is 16.5. The molecule has 0 amide bonds. The highest BCUT2D eigenvalue weighted by molar-refractivity contribution is 6.00. The number of benzene rings is 1. The van der Waals surface area contributed by atoms with Crippen LogP contribution in [0.1, 0.15) is 36.5 Å². The van der Waals surface area contributed by atoms with E-state index in [-0.39, 0.29) is 17.1 Å². The number of rotatable bonds is 1. The second kappa shape index (κ2) is 4.53. The first-order valence-corrected chi connectivity index (χ1v) is 6.89. The molecule has 1 N–H and O–H groups in total. The lowest BCUT2D eigenvalue weighted by molar-refractivity contribution is -0.00790. The lowest BCUT2D eigenvalue weighted by Gasteiger charge is -2.43. The van der Waals surface area contributed by atoms with Crippen LogP contribution in [0, 0.1) is 0 Å². The molecule has 1 aromatic rings. The first kappa shape index (κ1) is 12.5. The van der Waals surface area contributed by atoms with E-state index in [2.05, 4.69) is 11.8 Å². The number of ketones is 1. The molecular formula is C15H19NO3. The second-order valence-corrected chi connectivity index (χ2v) is 5.50. The Balaban J connectivity index is 1.86. The SMILES string of the molecule is CCN1CCC2(CC1)CC(=O)c1ccc(O)cc1O2. The van der Waals surface area contributed by atoms with Crippen molar-refractivity contribution < 1.29 is 14.6 Å². The molecule has 0 aromatic heterocycles. The fourth-order valence-corrected chi connectivity index (χ4v) is 3.04. The lowest BCUT2D eigenvalue weighted by Crippen LogP contribution is -2.50. The molecule has 0 radical (unpaired) electrons. The molecule has 2 aliphatic rings. The first-order chi connectivity index (χ1) is 9.12. The molecule has 4 nitrogen and oxygen atoms in total. The Morgan fingerprint density at radius 1 is 1.37 bits per heavy atom. The number of hydrogen-bond acceptors (Lipinski definition) is 4. The standard InChI is InChI=1S/C15H19NO3/c1-2-16-7-5-15(6-8-16)10-13(18)12-4-3-11(17)9-14(12)19-15/h3-4,9,17H,2,5-8,10H2,1H3. The van der Waals surface area contributed by atoms with Crippen LogP contribution in [0.2, 0.25) is 0 Å². The predicted octanol–water partition coefficient (Wildman–Crippen LogP) is 2.21. The summed E-state index contributed by atoms with van der Waals surface area (Å²) in [6.45, 7) is 5.13. The van der Waals surface area contributed by atoms with Gasteiger partial charge in [0.05, 0.1) is 12.0 Å². The number of likely N-dealkylation sites (tertiary alicyclic amines) is 1. The lowest BCUT2D eigenvalue weighted by atomic mass is 9.82. The van der Waals surface area contributed by atoms with Gasteiger partial charge in [-0.25, -0.2) is 0 Å². The Bertz CT molecular complexity index is 504. The molecule has 1 spiro atoms. The highest BCUT2D eigenvalue weighted by Crippen LogP contribution is 2.40. The zero-order chi connectivity index (χ0) is 13.5. The van der Waals surface area contributed by atoms with E-state index in [0.29, 0.717) is 17.7 Å². The van der Waals surface area contributed by atoms with Crippen molar-refractivity contribution in [3.8, 4) is 11.5 Å². The summed E-state index contributed by atoms with van der Waals surface area (Å²) in [5.41, 5.74) is 0.241. The van der Waals surface area contributed by atoms with Crippen LogP contribution in [-0.4, -0.2) is 41.0 Å². The maximum absolute atomic E-state index is 12.2. The van der Waals surface area contributed by atoms with E-state index in [1.165, 1.54) is 6.07 Å². The number of ether oxygens (including phenoxy) is 1. The summed E-state index contributed by atoms with van der Waals surface area (Å²) in [4.78, 5) is 14.6. The number of fused-ring (bicyclic) bond motifs is 1. The number of phenols is 1. The van der Waals surface area contributed by atoms with Crippen molar-refractivity contribution in [2.45, 2.75) is 31.8 Å². The molecular weight excluding hydrogens is 242 g/mol. The van der Waals surface area contributed by atoms with Crippen molar-refractivity contribution in [3.63, 3.8) is 0 Å². The van der Waals surface area contributed by atoms with Gasteiger partial charge in [-0.15, -0.1) is 0 Å². The molecule has 4 heteroatoms. The van der Waals surface area contributed by atoms with Crippen LogP contribution >= 0.6 is 0 Å². The molecule has 0 aliphatic carbocycles. The third kappa shape index (κ3) is 2.21. The minimum atomic E-state index is -0.358. The number of Topliss-reactive ketones (excluding diaryl/α,β-unsaturated/α-hetero) is 1. The van der Waals surface area contributed by atoms with Crippen molar-refractivity contribution in [1.82, 2.24) is 4.90 Å². The van der Waals surface area contributed by atoms with E-state index in [9.17, 15) is 9.90 Å². The summed E-state index contributed by atoms with van der Waals surface area (Å²) in [6, 6.07) is 4.75. The molecule has 2 aliphatic heterocycles. The van der Waals surface area contributed by atoms with Gasteiger partial charge in [0.2, 0.25) is 0 Å². The number of carbonyl (C=O) groups is 1. The van der Waals surface area contributed by atoms with Crippen molar-refractivity contribution in [2.75, 3.05) is 19.6 Å². The second-order valence-electron chi connectivity index (χ2n) is 5.50. The minimum Gasteiger partial charge on any atom is -0.508 e. The van der Waals surface area contributed by atoms with E-state index in [1.807, 2.05) is 0 Å². The van der Waals surface area contributed by atoms with Crippen molar-refractivity contribution in [2.24, 2.45) is 0 Å². The quantitative estimate of drug-likeness (QED) is 0.842. The molecule has 19 heavy (non-hydrogen) atoms. The molecule has 3 rings (SSSR count). The van der Waals surface area contributed by atoms with Crippen LogP contribution < -0.4 is 4.74 Å². The average Bonchev–Trinajstić information content (AvgIpc) is 2.39. The van der Waals surface area contributed by atoms with Crippen LogP contribution in [-0.2, 0) is 0 Å². The van der Waals surface area contributed by atoms with E-state index >= 15 is 0 Å². The van der Waals surface area contributed by atoms with Gasteiger partial charge in [0.25, 0.3) is 0 Å². The molecule has 1 saturated heterocycles. The number of piperidine rings is 1. The zero-order valence-electron chi connectivity index (χ0n) is 11.2. The topological polar surface area (TPSA) is 49.8 Å². The Morgan fingerprint density at radius 3 is 2.79 bits per heavy atom. The monoisotopic (exact) mass is 261 g/mol. The van der Waals surface area contributed by atoms with E-state index < -0.39 is 0 Å². The molecule has 1 aromatic carbocycles. The van der Waals surface area contributed by atoms with Crippen LogP contribution in [0.3, 0.4) is 0 Å². The fraction of sp³-hybridized carbons (Fsp3) is 0.533.